The van der Waals surface area contributed by atoms with Gasteiger partial charge in [-0.3, -0.25) is 4.21 Å². The Hall–Kier alpha value is -2.28. The lowest BCUT2D eigenvalue weighted by atomic mass is 10.1. The first-order valence-electron chi connectivity index (χ1n) is 6.77. The minimum atomic E-state index is -1.18. The van der Waals surface area contributed by atoms with E-state index in [-0.39, 0.29) is 5.75 Å². The van der Waals surface area contributed by atoms with Gasteiger partial charge in [0.05, 0.1) is 11.4 Å². The molecule has 22 heavy (non-hydrogen) atoms. The van der Waals surface area contributed by atoms with Crippen molar-refractivity contribution in [2.45, 2.75) is 25.4 Å². The minimum Gasteiger partial charge on any atom is -0.361 e. The molecule has 0 saturated carbocycles. The van der Waals surface area contributed by atoms with Gasteiger partial charge in [0, 0.05) is 22.4 Å². The summed E-state index contributed by atoms with van der Waals surface area (Å²) in [5.41, 5.74) is 2.64. The smallest absolute Gasteiger partial charge is 0.239 e. The molecule has 0 saturated heterocycles. The highest BCUT2D eigenvalue weighted by Gasteiger charge is 2.14. The fourth-order valence-corrected chi connectivity index (χ4v) is 3.05. The molecule has 1 aromatic carbocycles. The van der Waals surface area contributed by atoms with E-state index in [0.717, 1.165) is 11.1 Å². The van der Waals surface area contributed by atoms with Gasteiger partial charge in [0.1, 0.15) is 11.5 Å². The van der Waals surface area contributed by atoms with Crippen LogP contribution in [0.5, 0.6) is 0 Å². The van der Waals surface area contributed by atoms with Gasteiger partial charge in [0.15, 0.2) is 0 Å². The summed E-state index contributed by atoms with van der Waals surface area (Å²) in [6, 6.07) is 9.55. The lowest BCUT2D eigenvalue weighted by Gasteiger charge is -1.98. The summed E-state index contributed by atoms with van der Waals surface area (Å²) in [4.78, 5) is 4.31. The van der Waals surface area contributed by atoms with E-state index in [1.807, 2.05) is 31.2 Å². The third kappa shape index (κ3) is 3.30. The van der Waals surface area contributed by atoms with Crippen LogP contribution in [0, 0.1) is 13.8 Å². The predicted molar refractivity (Wildman–Crippen MR) is 81.3 cm³/mol. The topological polar surface area (TPSA) is 82.0 Å². The first kappa shape index (κ1) is 14.6. The van der Waals surface area contributed by atoms with Gasteiger partial charge in [0.2, 0.25) is 11.7 Å². The van der Waals surface area contributed by atoms with E-state index >= 15 is 0 Å². The van der Waals surface area contributed by atoms with E-state index in [1.54, 1.807) is 13.0 Å². The maximum atomic E-state index is 12.1. The van der Waals surface area contributed by atoms with Gasteiger partial charge >= 0.3 is 0 Å². The average Bonchev–Trinajstić information content (AvgIpc) is 3.09. The van der Waals surface area contributed by atoms with Crippen molar-refractivity contribution in [3.05, 3.63) is 53.2 Å². The van der Waals surface area contributed by atoms with Crippen molar-refractivity contribution in [2.75, 3.05) is 0 Å². The summed E-state index contributed by atoms with van der Waals surface area (Å²) >= 11 is 0. The lowest BCUT2D eigenvalue weighted by molar-refractivity contribution is 0.389. The molecule has 0 amide bonds. The summed E-state index contributed by atoms with van der Waals surface area (Å²) in [6.07, 6.45) is 0. The first-order chi connectivity index (χ1) is 10.6. The molecule has 0 bridgehead atoms. The maximum Gasteiger partial charge on any atom is 0.239 e. The molecule has 1 atom stereocenters. The summed E-state index contributed by atoms with van der Waals surface area (Å²) in [5, 5.41) is 7.78. The van der Waals surface area contributed by atoms with Gasteiger partial charge in [-0.25, -0.2) is 0 Å². The second-order valence-corrected chi connectivity index (χ2v) is 6.44. The molecule has 0 spiro atoms. The van der Waals surface area contributed by atoms with Gasteiger partial charge in [-0.15, -0.1) is 0 Å². The van der Waals surface area contributed by atoms with Gasteiger partial charge in [-0.05, 0) is 19.4 Å². The highest BCUT2D eigenvalue weighted by molar-refractivity contribution is 7.83. The Labute approximate surface area is 130 Å². The third-order valence-electron chi connectivity index (χ3n) is 3.12. The molecule has 0 aliphatic rings. The number of aromatic nitrogens is 3. The zero-order valence-corrected chi connectivity index (χ0v) is 13.1. The van der Waals surface area contributed by atoms with Crippen LogP contribution in [-0.2, 0) is 22.3 Å². The fourth-order valence-electron chi connectivity index (χ4n) is 2.09. The molecule has 0 aliphatic heterocycles. The first-order valence-corrected chi connectivity index (χ1v) is 8.26. The number of rotatable bonds is 5. The number of aryl methyl sites for hydroxylation is 2. The van der Waals surface area contributed by atoms with Crippen molar-refractivity contribution in [2.24, 2.45) is 0 Å². The standard InChI is InChI=1S/C15H15N3O3S/c1-10-5-3-4-6-13(10)15-16-14(21-18-15)9-22(19)8-12-7-11(2)20-17-12/h3-7H,8-9H2,1-2H3. The van der Waals surface area contributed by atoms with Crippen molar-refractivity contribution >= 4 is 10.8 Å². The molecule has 6 nitrogen and oxygen atoms in total. The van der Waals surface area contributed by atoms with Crippen molar-refractivity contribution < 1.29 is 13.3 Å². The number of hydrogen-bond acceptors (Lipinski definition) is 6. The van der Waals surface area contributed by atoms with Crippen LogP contribution >= 0.6 is 0 Å². The van der Waals surface area contributed by atoms with Gasteiger partial charge in [-0.2, -0.15) is 4.98 Å². The van der Waals surface area contributed by atoms with Crippen molar-refractivity contribution in [1.82, 2.24) is 15.3 Å². The monoisotopic (exact) mass is 317 g/mol. The molecule has 7 heteroatoms. The third-order valence-corrected chi connectivity index (χ3v) is 4.31. The molecule has 0 aliphatic carbocycles. The zero-order valence-electron chi connectivity index (χ0n) is 12.3. The van der Waals surface area contributed by atoms with E-state index in [0.29, 0.717) is 28.9 Å². The predicted octanol–water partition coefficient (Wildman–Crippen LogP) is 2.79. The van der Waals surface area contributed by atoms with Crippen LogP contribution < -0.4 is 0 Å². The molecular weight excluding hydrogens is 302 g/mol. The minimum absolute atomic E-state index is 0.199. The van der Waals surface area contributed by atoms with E-state index in [9.17, 15) is 4.21 Å². The summed E-state index contributed by atoms with van der Waals surface area (Å²) in [7, 11) is -1.18. The summed E-state index contributed by atoms with van der Waals surface area (Å²) in [5.74, 6) is 2.08. The Morgan fingerprint density at radius 2 is 1.91 bits per heavy atom. The Kier molecular flexibility index (Phi) is 4.15. The quantitative estimate of drug-likeness (QED) is 0.719. The van der Waals surface area contributed by atoms with E-state index in [1.165, 1.54) is 0 Å². The molecule has 114 valence electrons. The molecule has 3 rings (SSSR count). The van der Waals surface area contributed by atoms with E-state index in [4.69, 9.17) is 9.05 Å². The Bertz CT molecular complexity index is 810. The van der Waals surface area contributed by atoms with E-state index in [2.05, 4.69) is 15.3 Å². The van der Waals surface area contributed by atoms with Gasteiger partial charge < -0.3 is 9.05 Å². The molecule has 0 fully saturated rings. The SMILES string of the molecule is Cc1cc(CS(=O)Cc2nc(-c3ccccc3C)no2)no1. The molecule has 1 unspecified atom stereocenters. The van der Waals surface area contributed by atoms with Crippen LogP contribution in [0.15, 0.2) is 39.4 Å². The van der Waals surface area contributed by atoms with Crippen molar-refractivity contribution in [3.8, 4) is 11.4 Å². The Morgan fingerprint density at radius 1 is 1.09 bits per heavy atom. The number of nitrogens with zero attached hydrogens (tertiary/aromatic N) is 3. The van der Waals surface area contributed by atoms with Crippen LogP contribution in [0.4, 0.5) is 0 Å². The molecule has 0 radical (unpaired) electrons. The average molecular weight is 317 g/mol. The fraction of sp³-hybridized carbons (Fsp3) is 0.267. The molecule has 0 N–H and O–H groups in total. The van der Waals surface area contributed by atoms with Crippen LogP contribution in [0.25, 0.3) is 11.4 Å². The maximum absolute atomic E-state index is 12.1. The largest absolute Gasteiger partial charge is 0.361 e. The molecule has 2 heterocycles. The normalized spacial score (nSPS) is 12.5. The second-order valence-electron chi connectivity index (χ2n) is 4.98. The number of benzene rings is 1. The van der Waals surface area contributed by atoms with Crippen molar-refractivity contribution in [3.63, 3.8) is 0 Å². The van der Waals surface area contributed by atoms with Crippen LogP contribution in [0.1, 0.15) is 22.9 Å². The van der Waals surface area contributed by atoms with E-state index < -0.39 is 10.8 Å². The lowest BCUT2D eigenvalue weighted by Crippen LogP contribution is -2.00. The Morgan fingerprint density at radius 3 is 2.64 bits per heavy atom. The summed E-state index contributed by atoms with van der Waals surface area (Å²) in [6.45, 7) is 3.78. The van der Waals surface area contributed by atoms with Gasteiger partial charge in [-0.1, -0.05) is 34.6 Å². The second kappa shape index (κ2) is 6.23. The summed E-state index contributed by atoms with van der Waals surface area (Å²) < 4.78 is 22.2. The van der Waals surface area contributed by atoms with Crippen LogP contribution in [0.3, 0.4) is 0 Å². The van der Waals surface area contributed by atoms with Gasteiger partial charge in [0.25, 0.3) is 0 Å². The zero-order chi connectivity index (χ0) is 15.5. The molecule has 3 aromatic rings. The van der Waals surface area contributed by atoms with Crippen molar-refractivity contribution in [1.29, 1.82) is 0 Å². The van der Waals surface area contributed by atoms with Crippen LogP contribution in [0.2, 0.25) is 0 Å². The highest BCUT2D eigenvalue weighted by Crippen LogP contribution is 2.20. The van der Waals surface area contributed by atoms with Crippen LogP contribution in [-0.4, -0.2) is 19.5 Å². The number of hydrogen-bond donors (Lipinski definition) is 0. The highest BCUT2D eigenvalue weighted by atomic mass is 32.2. The molecule has 2 aromatic heterocycles. The Balaban J connectivity index is 1.69. The molecular formula is C15H15N3O3S.